The van der Waals surface area contributed by atoms with Crippen LogP contribution in [0.5, 0.6) is 0 Å². The number of ether oxygens (including phenoxy) is 1. The fourth-order valence-corrected chi connectivity index (χ4v) is 4.87. The molecular formula is C20H29ClN2O4S. The predicted molar refractivity (Wildman–Crippen MR) is 108 cm³/mol. The van der Waals surface area contributed by atoms with E-state index in [4.69, 9.17) is 15.4 Å². The minimum Gasteiger partial charge on any atom is -0.444 e. The summed E-state index contributed by atoms with van der Waals surface area (Å²) in [6.07, 6.45) is 7.17. The van der Waals surface area contributed by atoms with Gasteiger partial charge in [-0.05, 0) is 44.7 Å². The minimum atomic E-state index is -3.88. The summed E-state index contributed by atoms with van der Waals surface area (Å²) in [6, 6.07) is 3.05. The Kier molecular flexibility index (Phi) is 6.25. The van der Waals surface area contributed by atoms with E-state index in [1.54, 1.807) is 11.0 Å². The molecular weight excluding hydrogens is 400 g/mol. The van der Waals surface area contributed by atoms with Gasteiger partial charge in [0.05, 0.1) is 6.54 Å². The molecule has 1 fully saturated rings. The van der Waals surface area contributed by atoms with Crippen LogP contribution in [-0.4, -0.2) is 36.0 Å². The summed E-state index contributed by atoms with van der Waals surface area (Å²) >= 11 is 0. The molecule has 2 heterocycles. The van der Waals surface area contributed by atoms with E-state index in [1.165, 1.54) is 38.2 Å². The molecule has 0 bridgehead atoms. The van der Waals surface area contributed by atoms with E-state index in [0.29, 0.717) is 24.6 Å². The first kappa shape index (κ1) is 21.4. The third-order valence-corrected chi connectivity index (χ3v) is 6.66. The zero-order chi connectivity index (χ0) is 20.5. The molecule has 6 nitrogen and oxygen atoms in total. The van der Waals surface area contributed by atoms with Crippen LogP contribution in [0.25, 0.3) is 0 Å². The number of hydrogen-bond donors (Lipinski definition) is 0. The maximum atomic E-state index is 12.9. The van der Waals surface area contributed by atoms with Crippen LogP contribution in [-0.2, 0) is 26.8 Å². The number of nitrogens with zero attached hydrogens (tertiary/aromatic N) is 2. The highest BCUT2D eigenvalue weighted by atomic mass is 35.7. The normalized spacial score (nSPS) is 21.3. The number of hydrogen-bond acceptors (Lipinski definition) is 5. The Hall–Kier alpha value is -1.34. The van der Waals surface area contributed by atoms with E-state index in [-0.39, 0.29) is 17.2 Å². The van der Waals surface area contributed by atoms with Gasteiger partial charge in [-0.15, -0.1) is 0 Å². The quantitative estimate of drug-likeness (QED) is 0.655. The van der Waals surface area contributed by atoms with Crippen molar-refractivity contribution < 1.29 is 17.9 Å². The Morgan fingerprint density at radius 3 is 2.54 bits per heavy atom. The second-order valence-corrected chi connectivity index (χ2v) is 11.4. The maximum absolute atomic E-state index is 12.9. The van der Waals surface area contributed by atoms with Crippen LogP contribution < -0.4 is 0 Å². The highest BCUT2D eigenvalue weighted by molar-refractivity contribution is 8.13. The molecule has 1 aromatic rings. The smallest absolute Gasteiger partial charge is 0.410 e. The zero-order valence-corrected chi connectivity index (χ0v) is 18.4. The molecule has 0 spiro atoms. The topological polar surface area (TPSA) is 76.6 Å². The fraction of sp³-hybridized carbons (Fsp3) is 0.700. The summed E-state index contributed by atoms with van der Waals surface area (Å²) in [5.74, 6) is 0.574. The molecule has 28 heavy (non-hydrogen) atoms. The van der Waals surface area contributed by atoms with Gasteiger partial charge < -0.3 is 9.64 Å². The SMILES string of the molecule is CC(C)(C)OC(=O)N1Cc2ccc(S(=O)(=O)Cl)nc2CC1CC1CCCCC1. The van der Waals surface area contributed by atoms with Gasteiger partial charge in [0, 0.05) is 28.8 Å². The summed E-state index contributed by atoms with van der Waals surface area (Å²) in [5, 5.41) is -0.130. The van der Waals surface area contributed by atoms with Gasteiger partial charge in [0.2, 0.25) is 0 Å². The summed E-state index contributed by atoms with van der Waals surface area (Å²) < 4.78 is 29.0. The first-order chi connectivity index (χ1) is 13.0. The standard InChI is InChI=1S/C20H29ClN2O4S/c1-20(2,3)27-19(24)23-13-15-9-10-18(28(21,25)26)22-17(15)12-16(23)11-14-7-5-4-6-8-14/h9-10,14,16H,4-8,11-13H2,1-3H3. The van der Waals surface area contributed by atoms with E-state index >= 15 is 0 Å². The molecule has 8 heteroatoms. The van der Waals surface area contributed by atoms with Crippen molar-refractivity contribution in [2.24, 2.45) is 5.92 Å². The summed E-state index contributed by atoms with van der Waals surface area (Å²) in [4.78, 5) is 19.0. The Morgan fingerprint density at radius 1 is 1.25 bits per heavy atom. The van der Waals surface area contributed by atoms with Gasteiger partial charge in [-0.25, -0.2) is 18.2 Å². The van der Waals surface area contributed by atoms with Crippen LogP contribution in [0, 0.1) is 5.92 Å². The first-order valence-corrected chi connectivity index (χ1v) is 12.3. The number of halogens is 1. The zero-order valence-electron chi connectivity index (χ0n) is 16.8. The van der Waals surface area contributed by atoms with E-state index < -0.39 is 14.7 Å². The van der Waals surface area contributed by atoms with Crippen molar-refractivity contribution in [3.63, 3.8) is 0 Å². The van der Waals surface area contributed by atoms with Crippen molar-refractivity contribution in [2.75, 3.05) is 0 Å². The van der Waals surface area contributed by atoms with Gasteiger partial charge in [0.15, 0.2) is 5.03 Å². The number of aromatic nitrogens is 1. The number of fused-ring (bicyclic) bond motifs is 1. The molecule has 0 saturated heterocycles. The van der Waals surface area contributed by atoms with Crippen LogP contribution >= 0.6 is 10.7 Å². The largest absolute Gasteiger partial charge is 0.444 e. The number of pyridine rings is 1. The summed E-state index contributed by atoms with van der Waals surface area (Å²) in [6.45, 7) is 5.95. The third kappa shape index (κ3) is 5.38. The summed E-state index contributed by atoms with van der Waals surface area (Å²) in [7, 11) is 1.59. The van der Waals surface area contributed by atoms with Crippen LogP contribution in [0.15, 0.2) is 17.2 Å². The molecule has 1 aliphatic heterocycles. The van der Waals surface area contributed by atoms with Crippen molar-refractivity contribution in [2.45, 2.75) is 88.9 Å². The van der Waals surface area contributed by atoms with Crippen LogP contribution in [0.3, 0.4) is 0 Å². The predicted octanol–water partition coefficient (Wildman–Crippen LogP) is 4.64. The summed E-state index contributed by atoms with van der Waals surface area (Å²) in [5.41, 5.74) is 0.985. The molecule has 0 N–H and O–H groups in total. The average molecular weight is 429 g/mol. The molecule has 1 aliphatic carbocycles. The Labute approximate surface area is 172 Å². The van der Waals surface area contributed by atoms with Gasteiger partial charge in [-0.3, -0.25) is 0 Å². The van der Waals surface area contributed by atoms with Gasteiger partial charge in [-0.1, -0.05) is 38.2 Å². The van der Waals surface area contributed by atoms with E-state index in [9.17, 15) is 13.2 Å². The lowest BCUT2D eigenvalue weighted by Gasteiger charge is -2.39. The van der Waals surface area contributed by atoms with E-state index in [0.717, 1.165) is 12.0 Å². The van der Waals surface area contributed by atoms with Crippen LogP contribution in [0.4, 0.5) is 4.79 Å². The molecule has 1 amide bonds. The Balaban J connectivity index is 1.87. The first-order valence-electron chi connectivity index (χ1n) is 9.96. The molecule has 1 unspecified atom stereocenters. The van der Waals surface area contributed by atoms with Gasteiger partial charge in [0.25, 0.3) is 9.05 Å². The number of rotatable bonds is 3. The highest BCUT2D eigenvalue weighted by Gasteiger charge is 2.35. The molecule has 0 radical (unpaired) electrons. The number of amides is 1. The van der Waals surface area contributed by atoms with Gasteiger partial charge in [-0.2, -0.15) is 0 Å². The van der Waals surface area contributed by atoms with E-state index in [2.05, 4.69) is 4.98 Å². The molecule has 1 atom stereocenters. The molecule has 0 aromatic carbocycles. The molecule has 3 rings (SSSR count). The van der Waals surface area contributed by atoms with Gasteiger partial charge >= 0.3 is 6.09 Å². The third-order valence-electron chi connectivity index (χ3n) is 5.46. The van der Waals surface area contributed by atoms with Crippen molar-refractivity contribution in [3.05, 3.63) is 23.4 Å². The van der Waals surface area contributed by atoms with Crippen LogP contribution in [0.1, 0.15) is 70.6 Å². The second kappa shape index (κ2) is 8.19. The lowest BCUT2D eigenvalue weighted by molar-refractivity contribution is 0.00822. The number of carbonyl (C=O) groups excluding carboxylic acids is 1. The Morgan fingerprint density at radius 2 is 1.93 bits per heavy atom. The minimum absolute atomic E-state index is 0.0498. The van der Waals surface area contributed by atoms with Crippen molar-refractivity contribution >= 4 is 25.8 Å². The van der Waals surface area contributed by atoms with Gasteiger partial charge in [0.1, 0.15) is 5.60 Å². The van der Waals surface area contributed by atoms with Crippen molar-refractivity contribution in [1.29, 1.82) is 0 Å². The molecule has 156 valence electrons. The number of carbonyl (C=O) groups is 1. The maximum Gasteiger partial charge on any atom is 0.410 e. The molecule has 2 aliphatic rings. The van der Waals surface area contributed by atoms with Crippen LogP contribution in [0.2, 0.25) is 0 Å². The molecule has 1 aromatic heterocycles. The van der Waals surface area contributed by atoms with Crippen molar-refractivity contribution in [1.82, 2.24) is 9.88 Å². The Bertz CT molecular complexity index is 829. The monoisotopic (exact) mass is 428 g/mol. The lowest BCUT2D eigenvalue weighted by atomic mass is 9.82. The van der Waals surface area contributed by atoms with Crippen molar-refractivity contribution in [3.8, 4) is 0 Å². The van der Waals surface area contributed by atoms with E-state index in [1.807, 2.05) is 20.8 Å². The second-order valence-electron chi connectivity index (χ2n) is 8.90. The molecule has 1 saturated carbocycles. The highest BCUT2D eigenvalue weighted by Crippen LogP contribution is 2.33. The lowest BCUT2D eigenvalue weighted by Crippen LogP contribution is -2.47. The average Bonchev–Trinajstić information content (AvgIpc) is 2.59. The fourth-order valence-electron chi connectivity index (χ4n) is 4.17.